The molecule has 2 aromatic heterocycles. The largest absolute Gasteiger partial charge is 0.466 e. The van der Waals surface area contributed by atoms with E-state index in [4.69, 9.17) is 49.1 Å². The lowest BCUT2D eigenvalue weighted by Gasteiger charge is -2.36. The summed E-state index contributed by atoms with van der Waals surface area (Å²) < 4.78 is 63.4. The van der Waals surface area contributed by atoms with Gasteiger partial charge in [-0.15, -0.1) is 0 Å². The average molecular weight is 760 g/mol. The van der Waals surface area contributed by atoms with Gasteiger partial charge in [0.1, 0.15) is 23.9 Å². The Balaban J connectivity index is 1.50. The standard InChI is InChI=1S/C33H51ClN5O11P/c1-10-43-23(40)17-33(9,51(42,45-11-2)46-12-3)44-19-22-24-25(49-32(7,8)48-24)28(47-22)39-27-21(18-35-39)26(36-29(34)37-27)38(20-15-13-14-16-20)30(41)50-31(4,5)6/h18,20,22,24-25,28H,10-17,19H2,1-9H3/t22-,24-,25-,28-,33?/m1/s1. The van der Waals surface area contributed by atoms with Crippen molar-refractivity contribution in [2.45, 2.75) is 142 Å². The fraction of sp³-hybridized carbons (Fsp3) is 0.788. The van der Waals surface area contributed by atoms with Crippen molar-refractivity contribution in [3.05, 3.63) is 11.5 Å². The van der Waals surface area contributed by atoms with Gasteiger partial charge in [0.25, 0.3) is 0 Å². The molecule has 0 N–H and O–H groups in total. The first-order chi connectivity index (χ1) is 23.9. The molecule has 4 heterocycles. The number of esters is 1. The zero-order chi connectivity index (χ0) is 37.4. The SMILES string of the molecule is CCOC(=O)CC(C)(OC[C@H]1O[C@@H](n2ncc3c(N(C(=O)OC(C)(C)C)C4CCCC4)nc(Cl)nc32)[C@@H]2OC(C)(C)O[C@@H]21)P(=O)(OCC)OCC. The van der Waals surface area contributed by atoms with E-state index >= 15 is 0 Å². The highest BCUT2D eigenvalue weighted by atomic mass is 35.5. The van der Waals surface area contributed by atoms with Gasteiger partial charge in [-0.25, -0.2) is 9.48 Å². The predicted molar refractivity (Wildman–Crippen MR) is 186 cm³/mol. The molecule has 1 aliphatic carbocycles. The number of carbonyl (C=O) groups excluding carboxylic acids is 2. The number of ether oxygens (including phenoxy) is 6. The number of nitrogens with zero attached hydrogens (tertiary/aromatic N) is 5. The number of hydrogen-bond acceptors (Lipinski definition) is 14. The Kier molecular flexibility index (Phi) is 12.1. The molecular formula is C33H51ClN5O11P. The van der Waals surface area contributed by atoms with E-state index in [0.717, 1.165) is 25.7 Å². The van der Waals surface area contributed by atoms with Crippen LogP contribution in [0.3, 0.4) is 0 Å². The molecule has 286 valence electrons. The second-order valence-electron chi connectivity index (χ2n) is 14.4. The van der Waals surface area contributed by atoms with Crippen LogP contribution in [-0.2, 0) is 46.8 Å². The molecule has 2 saturated heterocycles. The summed E-state index contributed by atoms with van der Waals surface area (Å²) in [5.41, 5.74) is -0.435. The molecule has 2 aliphatic heterocycles. The van der Waals surface area contributed by atoms with E-state index in [2.05, 4.69) is 15.1 Å². The molecule has 2 aromatic rings. The molecule has 3 fully saturated rings. The lowest BCUT2D eigenvalue weighted by Crippen LogP contribution is -2.43. The quantitative estimate of drug-likeness (QED) is 0.116. The Bertz CT molecular complexity index is 1600. The van der Waals surface area contributed by atoms with Crippen LogP contribution < -0.4 is 4.90 Å². The summed E-state index contributed by atoms with van der Waals surface area (Å²) in [4.78, 5) is 37.0. The molecule has 1 unspecified atom stereocenters. The van der Waals surface area contributed by atoms with Gasteiger partial charge in [0, 0.05) is 6.04 Å². The van der Waals surface area contributed by atoms with Crippen molar-refractivity contribution in [2.75, 3.05) is 31.3 Å². The van der Waals surface area contributed by atoms with Gasteiger partial charge in [-0.3, -0.25) is 14.3 Å². The fourth-order valence-electron chi connectivity index (χ4n) is 6.75. The van der Waals surface area contributed by atoms with Crippen LogP contribution in [0.2, 0.25) is 5.28 Å². The number of rotatable bonds is 14. The van der Waals surface area contributed by atoms with E-state index in [0.29, 0.717) is 11.0 Å². The molecule has 1 saturated carbocycles. The maximum atomic E-state index is 14.1. The third-order valence-corrected chi connectivity index (χ3v) is 11.6. The van der Waals surface area contributed by atoms with Crippen molar-refractivity contribution in [1.29, 1.82) is 0 Å². The maximum absolute atomic E-state index is 14.1. The number of aromatic nitrogens is 4. The average Bonchev–Trinajstić information content (AvgIpc) is 3.80. The van der Waals surface area contributed by atoms with Crippen molar-refractivity contribution in [1.82, 2.24) is 19.7 Å². The van der Waals surface area contributed by atoms with Crippen LogP contribution in [0.15, 0.2) is 6.20 Å². The normalized spacial score (nSPS) is 24.8. The molecule has 51 heavy (non-hydrogen) atoms. The van der Waals surface area contributed by atoms with E-state index in [-0.39, 0.29) is 43.6 Å². The second-order valence-corrected chi connectivity index (χ2v) is 17.2. The molecule has 18 heteroatoms. The molecule has 5 atom stereocenters. The first kappa shape index (κ1) is 39.8. The first-order valence-electron chi connectivity index (χ1n) is 17.6. The van der Waals surface area contributed by atoms with Gasteiger partial charge in [-0.1, -0.05) is 12.8 Å². The highest BCUT2D eigenvalue weighted by Crippen LogP contribution is 2.62. The topological polar surface area (TPSA) is 172 Å². The Morgan fingerprint density at radius 1 is 1.04 bits per heavy atom. The lowest BCUT2D eigenvalue weighted by molar-refractivity contribution is -0.206. The predicted octanol–water partition coefficient (Wildman–Crippen LogP) is 6.53. The van der Waals surface area contributed by atoms with Gasteiger partial charge in [-0.2, -0.15) is 15.1 Å². The summed E-state index contributed by atoms with van der Waals surface area (Å²) in [7, 11) is -4.02. The van der Waals surface area contributed by atoms with Gasteiger partial charge in [-0.05, 0) is 86.8 Å². The molecule has 0 radical (unpaired) electrons. The van der Waals surface area contributed by atoms with Crippen LogP contribution in [0, 0.1) is 0 Å². The summed E-state index contributed by atoms with van der Waals surface area (Å²) in [6.07, 6.45) is 1.03. The van der Waals surface area contributed by atoms with Crippen LogP contribution in [0.25, 0.3) is 11.0 Å². The highest BCUT2D eigenvalue weighted by Gasteiger charge is 2.58. The van der Waals surface area contributed by atoms with E-state index in [1.165, 1.54) is 11.6 Å². The number of fused-ring (bicyclic) bond motifs is 2. The molecule has 3 aliphatic rings. The van der Waals surface area contributed by atoms with Crippen LogP contribution in [0.4, 0.5) is 10.6 Å². The smallest absolute Gasteiger partial charge is 0.416 e. The number of amides is 1. The van der Waals surface area contributed by atoms with Gasteiger partial charge in [0.2, 0.25) is 5.28 Å². The molecule has 16 nitrogen and oxygen atoms in total. The summed E-state index contributed by atoms with van der Waals surface area (Å²) in [6.45, 7) is 15.6. The van der Waals surface area contributed by atoms with E-state index in [1.807, 2.05) is 20.8 Å². The Morgan fingerprint density at radius 2 is 1.69 bits per heavy atom. The Morgan fingerprint density at radius 3 is 2.29 bits per heavy atom. The van der Waals surface area contributed by atoms with Crippen LogP contribution in [0.1, 0.15) is 101 Å². The van der Waals surface area contributed by atoms with Gasteiger partial charge in [0.15, 0.2) is 28.8 Å². The van der Waals surface area contributed by atoms with Gasteiger partial charge < -0.3 is 37.5 Å². The van der Waals surface area contributed by atoms with Gasteiger partial charge >= 0.3 is 19.7 Å². The zero-order valence-electron chi connectivity index (χ0n) is 30.9. The summed E-state index contributed by atoms with van der Waals surface area (Å²) in [6, 6.07) is -0.147. The van der Waals surface area contributed by atoms with E-state index < -0.39 is 67.3 Å². The maximum Gasteiger partial charge on any atom is 0.416 e. The monoisotopic (exact) mass is 759 g/mol. The molecule has 1 amide bonds. The second kappa shape index (κ2) is 15.5. The van der Waals surface area contributed by atoms with Crippen LogP contribution in [0.5, 0.6) is 0 Å². The molecule has 5 rings (SSSR count). The van der Waals surface area contributed by atoms with E-state index in [9.17, 15) is 14.2 Å². The number of carbonyl (C=O) groups is 2. The van der Waals surface area contributed by atoms with Crippen molar-refractivity contribution in [2.24, 2.45) is 0 Å². The third-order valence-electron chi connectivity index (χ3n) is 8.79. The van der Waals surface area contributed by atoms with Crippen molar-refractivity contribution in [3.63, 3.8) is 0 Å². The molecule has 0 aromatic carbocycles. The summed E-state index contributed by atoms with van der Waals surface area (Å²) >= 11 is 6.54. The van der Waals surface area contributed by atoms with Gasteiger partial charge in [0.05, 0.1) is 44.4 Å². The van der Waals surface area contributed by atoms with Crippen molar-refractivity contribution in [3.8, 4) is 0 Å². The molecule has 0 bridgehead atoms. The van der Waals surface area contributed by atoms with Crippen LogP contribution >= 0.6 is 19.2 Å². The minimum atomic E-state index is -4.02. The number of anilines is 1. The summed E-state index contributed by atoms with van der Waals surface area (Å²) in [5, 5.41) is 3.29. The van der Waals surface area contributed by atoms with Crippen molar-refractivity contribution >= 4 is 48.1 Å². The minimum Gasteiger partial charge on any atom is -0.466 e. The fourth-order valence-corrected chi connectivity index (χ4v) is 8.76. The molecular weight excluding hydrogens is 709 g/mol. The number of hydrogen-bond donors (Lipinski definition) is 0. The third kappa shape index (κ3) is 8.54. The minimum absolute atomic E-state index is 0.0573. The molecule has 0 spiro atoms. The van der Waals surface area contributed by atoms with Crippen LogP contribution in [-0.4, -0.2) is 99.3 Å². The number of halogens is 1. The highest BCUT2D eigenvalue weighted by molar-refractivity contribution is 7.55. The van der Waals surface area contributed by atoms with Crippen molar-refractivity contribution < 1.29 is 51.6 Å². The van der Waals surface area contributed by atoms with E-state index in [1.54, 1.807) is 45.7 Å². The first-order valence-corrected chi connectivity index (χ1v) is 19.5. The Hall–Kier alpha value is -2.43. The zero-order valence-corrected chi connectivity index (χ0v) is 32.5. The Labute approximate surface area is 303 Å². The summed E-state index contributed by atoms with van der Waals surface area (Å²) in [5.74, 6) is -1.35. The lowest BCUT2D eigenvalue weighted by atomic mass is 10.1.